The number of nitrogens with zero attached hydrogens (tertiary/aromatic N) is 2. The highest BCUT2D eigenvalue weighted by molar-refractivity contribution is 6.35. The number of amides is 1. The van der Waals surface area contributed by atoms with Crippen molar-refractivity contribution in [1.82, 2.24) is 9.47 Å². The second-order valence-corrected chi connectivity index (χ2v) is 5.48. The van der Waals surface area contributed by atoms with Crippen molar-refractivity contribution in [1.29, 1.82) is 0 Å². The molecule has 0 aliphatic rings. The zero-order valence-electron chi connectivity index (χ0n) is 11.9. The molecule has 0 saturated heterocycles. The van der Waals surface area contributed by atoms with Crippen molar-refractivity contribution < 1.29 is 4.79 Å². The maximum absolute atomic E-state index is 12.5. The molecule has 0 aliphatic heterocycles. The fourth-order valence-corrected chi connectivity index (χ4v) is 2.66. The van der Waals surface area contributed by atoms with Crippen LogP contribution in [0.3, 0.4) is 0 Å². The Hall–Kier alpha value is -2.26. The zero-order chi connectivity index (χ0) is 15.0. The summed E-state index contributed by atoms with van der Waals surface area (Å²) in [5.74, 6) is -0.0499. The molecule has 3 aromatic rings. The van der Waals surface area contributed by atoms with Crippen molar-refractivity contribution in [3.05, 3.63) is 65.3 Å². The molecule has 3 rings (SSSR count). The molecule has 0 N–H and O–H groups in total. The highest BCUT2D eigenvalue weighted by Gasteiger charge is 2.19. The van der Waals surface area contributed by atoms with E-state index in [1.165, 1.54) is 0 Å². The van der Waals surface area contributed by atoms with Crippen LogP contribution in [0.25, 0.3) is 16.6 Å². The van der Waals surface area contributed by atoms with Crippen LogP contribution in [-0.4, -0.2) is 29.5 Å². The summed E-state index contributed by atoms with van der Waals surface area (Å²) in [6.45, 7) is 0. The van der Waals surface area contributed by atoms with Gasteiger partial charge in [-0.25, -0.2) is 0 Å². The largest absolute Gasteiger partial charge is 0.343 e. The third kappa shape index (κ3) is 2.30. The first kappa shape index (κ1) is 13.7. The molecule has 4 heteroatoms. The lowest BCUT2D eigenvalue weighted by Crippen LogP contribution is -2.24. The highest BCUT2D eigenvalue weighted by atomic mass is 35.5. The normalized spacial score (nSPS) is 10.8. The van der Waals surface area contributed by atoms with Gasteiger partial charge in [-0.1, -0.05) is 35.9 Å². The molecule has 0 fully saturated rings. The molecule has 3 nitrogen and oxygen atoms in total. The van der Waals surface area contributed by atoms with Crippen LogP contribution in [0, 0.1) is 0 Å². The summed E-state index contributed by atoms with van der Waals surface area (Å²) in [6, 6.07) is 17.4. The van der Waals surface area contributed by atoms with E-state index in [4.69, 9.17) is 11.6 Å². The molecule has 0 atom stereocenters. The third-order valence-electron chi connectivity index (χ3n) is 3.43. The predicted molar refractivity (Wildman–Crippen MR) is 86.3 cm³/mol. The molecule has 0 saturated carbocycles. The van der Waals surface area contributed by atoms with Crippen molar-refractivity contribution in [2.45, 2.75) is 0 Å². The lowest BCUT2D eigenvalue weighted by molar-refractivity contribution is 0.0820. The van der Waals surface area contributed by atoms with Gasteiger partial charge in [0, 0.05) is 30.2 Å². The van der Waals surface area contributed by atoms with Gasteiger partial charge in [-0.05, 0) is 30.3 Å². The summed E-state index contributed by atoms with van der Waals surface area (Å²) in [5.41, 5.74) is 2.48. The second kappa shape index (κ2) is 5.26. The van der Waals surface area contributed by atoms with E-state index in [2.05, 4.69) is 0 Å². The van der Waals surface area contributed by atoms with Gasteiger partial charge in [0.05, 0.1) is 5.52 Å². The van der Waals surface area contributed by atoms with Crippen molar-refractivity contribution in [2.75, 3.05) is 14.1 Å². The number of para-hydroxylation sites is 1. The smallest absolute Gasteiger partial charge is 0.270 e. The van der Waals surface area contributed by atoms with Gasteiger partial charge in [-0.2, -0.15) is 0 Å². The molecule has 0 spiro atoms. The summed E-state index contributed by atoms with van der Waals surface area (Å²) in [5, 5.41) is 1.53. The maximum Gasteiger partial charge on any atom is 0.270 e. The Morgan fingerprint density at radius 2 is 1.76 bits per heavy atom. The molecule has 0 radical (unpaired) electrons. The zero-order valence-corrected chi connectivity index (χ0v) is 12.6. The van der Waals surface area contributed by atoms with E-state index in [9.17, 15) is 4.79 Å². The van der Waals surface area contributed by atoms with Crippen molar-refractivity contribution in [2.24, 2.45) is 0 Å². The summed E-state index contributed by atoms with van der Waals surface area (Å²) in [7, 11) is 3.49. The molecule has 2 aromatic carbocycles. The summed E-state index contributed by atoms with van der Waals surface area (Å²) >= 11 is 6.28. The molecule has 106 valence electrons. The van der Waals surface area contributed by atoms with E-state index in [1.54, 1.807) is 19.0 Å². The number of aromatic nitrogens is 1. The monoisotopic (exact) mass is 298 g/mol. The fourth-order valence-electron chi connectivity index (χ4n) is 2.44. The molecular weight excluding hydrogens is 284 g/mol. The van der Waals surface area contributed by atoms with Crippen LogP contribution in [0.2, 0.25) is 5.02 Å². The molecular formula is C17H15ClN2O. The fraction of sp³-hybridized carbons (Fsp3) is 0.118. The van der Waals surface area contributed by atoms with Crippen molar-refractivity contribution >= 4 is 28.4 Å². The van der Waals surface area contributed by atoms with Crippen LogP contribution >= 0.6 is 11.6 Å². The van der Waals surface area contributed by atoms with Crippen LogP contribution in [0.1, 0.15) is 10.5 Å². The van der Waals surface area contributed by atoms with E-state index < -0.39 is 0 Å². The Morgan fingerprint density at radius 3 is 2.43 bits per heavy atom. The van der Waals surface area contributed by atoms with Crippen LogP contribution in [-0.2, 0) is 0 Å². The predicted octanol–water partition coefficient (Wildman–Crippen LogP) is 3.99. The number of carbonyl (C=O) groups is 1. The standard InChI is InChI=1S/C17H15ClN2O/c1-19(2)17(21)16-11-13-14(18)9-6-10-15(13)20(16)12-7-4-3-5-8-12/h3-11H,1-2H3. The lowest BCUT2D eigenvalue weighted by atomic mass is 10.2. The topological polar surface area (TPSA) is 25.2 Å². The van der Waals surface area contributed by atoms with Crippen LogP contribution < -0.4 is 0 Å². The Morgan fingerprint density at radius 1 is 1.05 bits per heavy atom. The minimum Gasteiger partial charge on any atom is -0.343 e. The maximum atomic E-state index is 12.5. The first-order chi connectivity index (χ1) is 10.1. The van der Waals surface area contributed by atoms with Crippen LogP contribution in [0.4, 0.5) is 0 Å². The highest BCUT2D eigenvalue weighted by Crippen LogP contribution is 2.30. The van der Waals surface area contributed by atoms with Gasteiger partial charge in [0.15, 0.2) is 0 Å². The van der Waals surface area contributed by atoms with E-state index in [1.807, 2.05) is 59.2 Å². The van der Waals surface area contributed by atoms with E-state index in [0.29, 0.717) is 10.7 Å². The van der Waals surface area contributed by atoms with Gasteiger partial charge in [0.25, 0.3) is 5.91 Å². The molecule has 1 heterocycles. The summed E-state index contributed by atoms with van der Waals surface area (Å²) < 4.78 is 1.95. The number of hydrogen-bond donors (Lipinski definition) is 0. The summed E-state index contributed by atoms with van der Waals surface area (Å²) in [6.07, 6.45) is 0. The van der Waals surface area contributed by atoms with Gasteiger partial charge >= 0.3 is 0 Å². The third-order valence-corrected chi connectivity index (χ3v) is 3.76. The van der Waals surface area contributed by atoms with E-state index in [-0.39, 0.29) is 5.91 Å². The van der Waals surface area contributed by atoms with Gasteiger partial charge in [0.2, 0.25) is 0 Å². The SMILES string of the molecule is CN(C)C(=O)c1cc2c(Cl)cccc2n1-c1ccccc1. The number of fused-ring (bicyclic) bond motifs is 1. The first-order valence-electron chi connectivity index (χ1n) is 6.66. The minimum absolute atomic E-state index is 0.0499. The van der Waals surface area contributed by atoms with Crippen molar-refractivity contribution in [3.63, 3.8) is 0 Å². The molecule has 21 heavy (non-hydrogen) atoms. The Labute approximate surface area is 128 Å². The average Bonchev–Trinajstić information content (AvgIpc) is 2.88. The van der Waals surface area contributed by atoms with Gasteiger partial charge in [0.1, 0.15) is 5.69 Å². The van der Waals surface area contributed by atoms with Gasteiger partial charge in [-0.15, -0.1) is 0 Å². The minimum atomic E-state index is -0.0499. The average molecular weight is 299 g/mol. The van der Waals surface area contributed by atoms with Crippen molar-refractivity contribution in [3.8, 4) is 5.69 Å². The number of hydrogen-bond acceptors (Lipinski definition) is 1. The Kier molecular flexibility index (Phi) is 3.43. The second-order valence-electron chi connectivity index (χ2n) is 5.07. The quantitative estimate of drug-likeness (QED) is 0.702. The van der Waals surface area contributed by atoms with E-state index in [0.717, 1.165) is 16.6 Å². The molecule has 0 bridgehead atoms. The number of benzene rings is 2. The van der Waals surface area contributed by atoms with E-state index >= 15 is 0 Å². The first-order valence-corrected chi connectivity index (χ1v) is 7.04. The Bertz CT molecular complexity index is 806. The van der Waals surface area contributed by atoms with Gasteiger partial charge < -0.3 is 9.47 Å². The van der Waals surface area contributed by atoms with Gasteiger partial charge in [-0.3, -0.25) is 4.79 Å². The van der Waals surface area contributed by atoms with Crippen LogP contribution in [0.15, 0.2) is 54.6 Å². The molecule has 1 amide bonds. The Balaban J connectivity index is 2.36. The summed E-state index contributed by atoms with van der Waals surface area (Å²) in [4.78, 5) is 14.1. The number of halogens is 1. The molecule has 0 aliphatic carbocycles. The number of rotatable bonds is 2. The lowest BCUT2D eigenvalue weighted by Gasteiger charge is -2.14. The molecule has 0 unspecified atom stereocenters. The molecule has 1 aromatic heterocycles. The van der Waals surface area contributed by atoms with Crippen LogP contribution in [0.5, 0.6) is 0 Å². The number of carbonyl (C=O) groups excluding carboxylic acids is 1.